The molecule has 0 aromatic heterocycles. The highest BCUT2D eigenvalue weighted by Gasteiger charge is 2.45. The summed E-state index contributed by atoms with van der Waals surface area (Å²) in [5, 5.41) is 9.47. The Balaban J connectivity index is 1.63. The van der Waals surface area contributed by atoms with Crippen molar-refractivity contribution in [2.24, 2.45) is 4.99 Å². The largest absolute Gasteiger partial charge is 0.357 e. The van der Waals surface area contributed by atoms with Gasteiger partial charge in [0.15, 0.2) is 5.96 Å². The second-order valence-electron chi connectivity index (χ2n) is 7.08. The molecule has 0 heterocycles. The van der Waals surface area contributed by atoms with Gasteiger partial charge in [0, 0.05) is 35.6 Å². The highest BCUT2D eigenvalue weighted by atomic mass is 79.9. The van der Waals surface area contributed by atoms with Crippen molar-refractivity contribution < 1.29 is 4.79 Å². The van der Waals surface area contributed by atoms with Crippen LogP contribution in [0.3, 0.4) is 0 Å². The van der Waals surface area contributed by atoms with Crippen LogP contribution in [0, 0.1) is 0 Å². The van der Waals surface area contributed by atoms with Gasteiger partial charge in [-0.15, -0.1) is 0 Å². The van der Waals surface area contributed by atoms with E-state index in [0.29, 0.717) is 12.1 Å². The van der Waals surface area contributed by atoms with Gasteiger partial charge in [-0.25, -0.2) is 4.99 Å². The topological polar surface area (TPSA) is 65.5 Å². The molecular formula is C22H27BrN4O. The first kappa shape index (κ1) is 20.4. The molecule has 0 unspecified atom stereocenters. The Bertz CT molecular complexity index is 844. The maximum Gasteiger partial charge on any atom is 0.251 e. The Morgan fingerprint density at radius 2 is 1.82 bits per heavy atom. The molecule has 148 valence electrons. The molecule has 6 heteroatoms. The summed E-state index contributed by atoms with van der Waals surface area (Å²) in [7, 11) is 1.63. The van der Waals surface area contributed by atoms with Gasteiger partial charge in [-0.1, -0.05) is 46.3 Å². The minimum absolute atomic E-state index is 0.0770. The Morgan fingerprint density at radius 3 is 2.43 bits per heavy atom. The van der Waals surface area contributed by atoms with Crippen molar-refractivity contribution in [1.29, 1.82) is 0 Å². The van der Waals surface area contributed by atoms with Gasteiger partial charge in [0.25, 0.3) is 5.91 Å². The molecule has 1 fully saturated rings. The van der Waals surface area contributed by atoms with Crippen molar-refractivity contribution in [3.05, 3.63) is 69.7 Å². The van der Waals surface area contributed by atoms with E-state index in [9.17, 15) is 4.79 Å². The average molecular weight is 443 g/mol. The van der Waals surface area contributed by atoms with Gasteiger partial charge < -0.3 is 16.0 Å². The first-order valence-electron chi connectivity index (χ1n) is 9.66. The fourth-order valence-electron chi connectivity index (χ4n) is 3.25. The van der Waals surface area contributed by atoms with Crippen LogP contribution in [0.5, 0.6) is 0 Å². The fourth-order valence-corrected chi connectivity index (χ4v) is 3.96. The quantitative estimate of drug-likeness (QED) is 0.453. The van der Waals surface area contributed by atoms with E-state index >= 15 is 0 Å². The summed E-state index contributed by atoms with van der Waals surface area (Å²) >= 11 is 3.69. The number of hydrogen-bond acceptors (Lipinski definition) is 2. The lowest BCUT2D eigenvalue weighted by molar-refractivity contribution is 0.0963. The molecule has 1 aliphatic carbocycles. The SMILES string of the molecule is CCNC(=NCc1ccc(C(=O)NC)cc1)NCC1(c2ccccc2Br)CC1. The van der Waals surface area contributed by atoms with E-state index in [-0.39, 0.29) is 11.3 Å². The predicted molar refractivity (Wildman–Crippen MR) is 118 cm³/mol. The standard InChI is InChI=1S/C22H27BrN4O/c1-3-25-21(26-14-16-8-10-17(11-9-16)20(28)24-2)27-15-22(12-13-22)18-6-4-5-7-19(18)23/h4-11H,3,12-15H2,1-2H3,(H,24,28)(H2,25,26,27). The van der Waals surface area contributed by atoms with E-state index in [4.69, 9.17) is 4.99 Å². The molecule has 2 aromatic rings. The summed E-state index contributed by atoms with van der Waals surface area (Å²) in [6, 6.07) is 16.0. The van der Waals surface area contributed by atoms with E-state index in [1.807, 2.05) is 24.3 Å². The van der Waals surface area contributed by atoms with Gasteiger partial charge in [0.05, 0.1) is 6.54 Å². The molecule has 0 radical (unpaired) electrons. The number of nitrogens with one attached hydrogen (secondary N) is 3. The van der Waals surface area contributed by atoms with Crippen LogP contribution in [0.25, 0.3) is 0 Å². The summed E-state index contributed by atoms with van der Waals surface area (Å²) in [6.07, 6.45) is 2.37. The second kappa shape index (κ2) is 9.24. The van der Waals surface area contributed by atoms with Crippen molar-refractivity contribution in [3.63, 3.8) is 0 Å². The first-order chi connectivity index (χ1) is 13.6. The summed E-state index contributed by atoms with van der Waals surface area (Å²) in [6.45, 7) is 4.29. The molecule has 1 aliphatic rings. The number of amides is 1. The van der Waals surface area contributed by atoms with Gasteiger partial charge in [0.2, 0.25) is 0 Å². The van der Waals surface area contributed by atoms with Crippen LogP contribution in [-0.4, -0.2) is 32.0 Å². The average Bonchev–Trinajstić information content (AvgIpc) is 3.51. The summed E-state index contributed by atoms with van der Waals surface area (Å²) in [5.74, 6) is 0.739. The summed E-state index contributed by atoms with van der Waals surface area (Å²) in [5.41, 5.74) is 3.27. The van der Waals surface area contributed by atoms with Crippen LogP contribution >= 0.6 is 15.9 Å². The second-order valence-corrected chi connectivity index (χ2v) is 7.94. The van der Waals surface area contributed by atoms with Crippen molar-refractivity contribution in [1.82, 2.24) is 16.0 Å². The van der Waals surface area contributed by atoms with Crippen molar-refractivity contribution in [3.8, 4) is 0 Å². The van der Waals surface area contributed by atoms with Crippen LogP contribution in [0.2, 0.25) is 0 Å². The molecule has 1 saturated carbocycles. The lowest BCUT2D eigenvalue weighted by Gasteiger charge is -2.20. The van der Waals surface area contributed by atoms with Crippen LogP contribution < -0.4 is 16.0 Å². The molecule has 1 amide bonds. The number of guanidine groups is 1. The molecule has 0 spiro atoms. The zero-order chi connectivity index (χ0) is 20.0. The van der Waals surface area contributed by atoms with Crippen LogP contribution in [0.4, 0.5) is 0 Å². The first-order valence-corrected chi connectivity index (χ1v) is 10.5. The molecule has 3 rings (SSSR count). The lowest BCUT2D eigenvalue weighted by atomic mass is 9.96. The van der Waals surface area contributed by atoms with Gasteiger partial charge in [-0.2, -0.15) is 0 Å². The minimum atomic E-state index is -0.0770. The normalized spacial score (nSPS) is 15.0. The maximum atomic E-state index is 11.6. The van der Waals surface area contributed by atoms with Crippen LogP contribution in [-0.2, 0) is 12.0 Å². The van der Waals surface area contributed by atoms with Gasteiger partial charge in [-0.3, -0.25) is 4.79 Å². The summed E-state index contributed by atoms with van der Waals surface area (Å²) in [4.78, 5) is 16.3. The van der Waals surface area contributed by atoms with Gasteiger partial charge in [0.1, 0.15) is 0 Å². The van der Waals surface area contributed by atoms with E-state index in [1.165, 1.54) is 22.9 Å². The van der Waals surface area contributed by atoms with Gasteiger partial charge >= 0.3 is 0 Å². The molecule has 0 atom stereocenters. The number of nitrogens with zero attached hydrogens (tertiary/aromatic N) is 1. The molecule has 0 saturated heterocycles. The van der Waals surface area contributed by atoms with Gasteiger partial charge in [-0.05, 0) is 49.1 Å². The number of hydrogen-bond donors (Lipinski definition) is 3. The zero-order valence-electron chi connectivity index (χ0n) is 16.4. The van der Waals surface area contributed by atoms with Crippen LogP contribution in [0.1, 0.15) is 41.3 Å². The van der Waals surface area contributed by atoms with E-state index in [0.717, 1.165) is 24.6 Å². The van der Waals surface area contributed by atoms with E-state index in [1.54, 1.807) is 7.05 Å². The number of carbonyl (C=O) groups excluding carboxylic acids is 1. The van der Waals surface area contributed by atoms with E-state index in [2.05, 4.69) is 63.1 Å². The third kappa shape index (κ3) is 4.93. The molecule has 2 aromatic carbocycles. The number of aliphatic imine (C=N–C) groups is 1. The zero-order valence-corrected chi connectivity index (χ0v) is 18.0. The third-order valence-electron chi connectivity index (χ3n) is 5.10. The Kier molecular flexibility index (Phi) is 6.73. The number of benzene rings is 2. The highest BCUT2D eigenvalue weighted by Crippen LogP contribution is 2.49. The van der Waals surface area contributed by atoms with Crippen LogP contribution in [0.15, 0.2) is 58.0 Å². The molecule has 0 aliphatic heterocycles. The van der Waals surface area contributed by atoms with E-state index < -0.39 is 0 Å². The number of carbonyl (C=O) groups is 1. The monoisotopic (exact) mass is 442 g/mol. The molecule has 0 bridgehead atoms. The highest BCUT2D eigenvalue weighted by molar-refractivity contribution is 9.10. The molecular weight excluding hydrogens is 416 g/mol. The maximum absolute atomic E-state index is 11.6. The molecule has 3 N–H and O–H groups in total. The Labute approximate surface area is 175 Å². The predicted octanol–water partition coefficient (Wildman–Crippen LogP) is 3.60. The number of halogens is 1. The van der Waals surface area contributed by atoms with Crippen molar-refractivity contribution in [2.45, 2.75) is 31.7 Å². The molecule has 5 nitrogen and oxygen atoms in total. The lowest BCUT2D eigenvalue weighted by Crippen LogP contribution is -2.41. The summed E-state index contributed by atoms with van der Waals surface area (Å²) < 4.78 is 1.17. The number of rotatable bonds is 7. The van der Waals surface area contributed by atoms with Crippen molar-refractivity contribution >= 4 is 27.8 Å². The third-order valence-corrected chi connectivity index (χ3v) is 5.79. The smallest absolute Gasteiger partial charge is 0.251 e. The Hall–Kier alpha value is -2.34. The van der Waals surface area contributed by atoms with Crippen molar-refractivity contribution in [2.75, 3.05) is 20.1 Å². The minimum Gasteiger partial charge on any atom is -0.357 e. The Morgan fingerprint density at radius 1 is 1.11 bits per heavy atom. The molecule has 28 heavy (non-hydrogen) atoms. The fraction of sp³-hybridized carbons (Fsp3) is 0.364.